The Hall–Kier alpha value is -1.95. The zero-order valence-corrected chi connectivity index (χ0v) is 14.0. The van der Waals surface area contributed by atoms with Crippen LogP contribution in [0.2, 0.25) is 0 Å². The van der Waals surface area contributed by atoms with Crippen molar-refractivity contribution in [2.75, 3.05) is 19.8 Å². The number of rotatable bonds is 3. The summed E-state index contributed by atoms with van der Waals surface area (Å²) in [5.41, 5.74) is 2.10. The predicted octanol–water partition coefficient (Wildman–Crippen LogP) is 2.18. The average Bonchev–Trinajstić information content (AvgIpc) is 2.97. The molecule has 0 bridgehead atoms. The Morgan fingerprint density at radius 1 is 1.35 bits per heavy atom. The minimum absolute atomic E-state index is 0.0425. The van der Waals surface area contributed by atoms with Crippen molar-refractivity contribution >= 4 is 11.6 Å². The lowest BCUT2D eigenvalue weighted by molar-refractivity contribution is 0.0642. The Kier molecular flexibility index (Phi) is 4.35. The van der Waals surface area contributed by atoms with E-state index in [2.05, 4.69) is 36.2 Å². The molecule has 0 radical (unpaired) electrons. The zero-order valence-electron chi connectivity index (χ0n) is 14.0. The van der Waals surface area contributed by atoms with Crippen LogP contribution in [0.1, 0.15) is 49.8 Å². The maximum atomic E-state index is 12.3. The van der Waals surface area contributed by atoms with E-state index in [0.717, 1.165) is 37.4 Å². The first kappa shape index (κ1) is 15.9. The molecule has 1 saturated heterocycles. The third kappa shape index (κ3) is 3.69. The van der Waals surface area contributed by atoms with Gasteiger partial charge in [-0.3, -0.25) is 4.79 Å². The molecule has 0 unspecified atom stereocenters. The van der Waals surface area contributed by atoms with Crippen molar-refractivity contribution in [1.29, 1.82) is 0 Å². The fraction of sp³-hybridized carbons (Fsp3) is 0.588. The molecule has 0 atom stereocenters. The molecule has 0 spiro atoms. The number of ether oxygens (including phenoxy) is 1. The van der Waals surface area contributed by atoms with E-state index in [-0.39, 0.29) is 11.3 Å². The second-order valence-electron chi connectivity index (χ2n) is 7.16. The molecular weight excluding hydrogens is 292 g/mol. The number of aromatic nitrogens is 3. The van der Waals surface area contributed by atoms with Crippen molar-refractivity contribution in [2.45, 2.75) is 39.0 Å². The molecule has 2 aromatic rings. The lowest BCUT2D eigenvalue weighted by atomic mass is 9.93. The second kappa shape index (κ2) is 6.28. The van der Waals surface area contributed by atoms with Gasteiger partial charge in [-0.25, -0.2) is 9.50 Å². The van der Waals surface area contributed by atoms with Crippen LogP contribution in [0.5, 0.6) is 0 Å². The fourth-order valence-corrected chi connectivity index (χ4v) is 2.64. The van der Waals surface area contributed by atoms with Crippen LogP contribution in [0.25, 0.3) is 5.65 Å². The van der Waals surface area contributed by atoms with Gasteiger partial charge in [-0.1, -0.05) is 20.8 Å². The molecule has 1 fully saturated rings. The number of amides is 1. The van der Waals surface area contributed by atoms with Crippen molar-refractivity contribution in [3.8, 4) is 0 Å². The van der Waals surface area contributed by atoms with Gasteiger partial charge in [0, 0.05) is 25.2 Å². The molecule has 124 valence electrons. The molecule has 1 aliphatic rings. The normalized spacial score (nSPS) is 16.7. The van der Waals surface area contributed by atoms with E-state index >= 15 is 0 Å². The first-order valence-corrected chi connectivity index (χ1v) is 8.16. The lowest BCUT2D eigenvalue weighted by Gasteiger charge is -2.21. The number of nitrogens with one attached hydrogen (secondary N) is 1. The van der Waals surface area contributed by atoms with Gasteiger partial charge in [-0.05, 0) is 30.9 Å². The van der Waals surface area contributed by atoms with Gasteiger partial charge < -0.3 is 10.1 Å². The second-order valence-corrected chi connectivity index (χ2v) is 7.16. The van der Waals surface area contributed by atoms with Crippen LogP contribution in [0.4, 0.5) is 0 Å². The van der Waals surface area contributed by atoms with Gasteiger partial charge in [0.05, 0.1) is 11.9 Å². The quantitative estimate of drug-likeness (QED) is 0.942. The van der Waals surface area contributed by atoms with Crippen LogP contribution in [0, 0.1) is 5.92 Å². The molecule has 6 heteroatoms. The third-order valence-electron chi connectivity index (χ3n) is 4.21. The van der Waals surface area contributed by atoms with E-state index in [1.54, 1.807) is 10.6 Å². The Labute approximate surface area is 136 Å². The molecule has 2 aromatic heterocycles. The van der Waals surface area contributed by atoms with Crippen LogP contribution < -0.4 is 5.32 Å². The lowest BCUT2D eigenvalue weighted by Crippen LogP contribution is -2.32. The smallest absolute Gasteiger partial charge is 0.271 e. The topological polar surface area (TPSA) is 68.5 Å². The van der Waals surface area contributed by atoms with Crippen LogP contribution in [0.3, 0.4) is 0 Å². The highest BCUT2D eigenvalue weighted by atomic mass is 16.5. The monoisotopic (exact) mass is 316 g/mol. The van der Waals surface area contributed by atoms with Crippen LogP contribution in [-0.4, -0.2) is 40.3 Å². The van der Waals surface area contributed by atoms with Crippen LogP contribution in [-0.2, 0) is 10.2 Å². The summed E-state index contributed by atoms with van der Waals surface area (Å²) >= 11 is 0. The van der Waals surface area contributed by atoms with E-state index < -0.39 is 0 Å². The largest absolute Gasteiger partial charge is 0.381 e. The minimum Gasteiger partial charge on any atom is -0.381 e. The summed E-state index contributed by atoms with van der Waals surface area (Å²) in [5.74, 6) is 0.363. The van der Waals surface area contributed by atoms with Gasteiger partial charge in [-0.2, -0.15) is 5.10 Å². The van der Waals surface area contributed by atoms with E-state index in [1.165, 1.54) is 0 Å². The van der Waals surface area contributed by atoms with E-state index in [1.807, 2.05) is 12.3 Å². The van der Waals surface area contributed by atoms with Gasteiger partial charge >= 0.3 is 0 Å². The van der Waals surface area contributed by atoms with E-state index in [4.69, 9.17) is 4.74 Å². The zero-order chi connectivity index (χ0) is 16.4. The molecule has 1 aliphatic heterocycles. The summed E-state index contributed by atoms with van der Waals surface area (Å²) in [4.78, 5) is 16.9. The van der Waals surface area contributed by atoms with Gasteiger partial charge in [-0.15, -0.1) is 0 Å². The van der Waals surface area contributed by atoms with E-state index in [9.17, 15) is 4.79 Å². The maximum absolute atomic E-state index is 12.3. The first-order chi connectivity index (χ1) is 10.9. The molecule has 0 aromatic carbocycles. The highest BCUT2D eigenvalue weighted by Gasteiger charge is 2.19. The number of carbonyl (C=O) groups is 1. The van der Waals surface area contributed by atoms with Gasteiger partial charge in [0.1, 0.15) is 5.69 Å². The molecule has 1 amide bonds. The Morgan fingerprint density at radius 3 is 2.78 bits per heavy atom. The SMILES string of the molecule is CC(C)(C)c1cn2nc(C(=O)NCC3CCOCC3)ccc2n1. The van der Waals surface area contributed by atoms with Crippen molar-refractivity contribution in [3.05, 3.63) is 29.7 Å². The number of fused-ring (bicyclic) bond motifs is 1. The average molecular weight is 316 g/mol. The number of hydrogen-bond donors (Lipinski definition) is 1. The van der Waals surface area contributed by atoms with Gasteiger partial charge in [0.2, 0.25) is 0 Å². The summed E-state index contributed by atoms with van der Waals surface area (Å²) in [6.45, 7) is 8.58. The molecule has 0 aliphatic carbocycles. The highest BCUT2D eigenvalue weighted by Crippen LogP contribution is 2.21. The predicted molar refractivity (Wildman–Crippen MR) is 87.6 cm³/mol. The van der Waals surface area contributed by atoms with E-state index in [0.29, 0.717) is 18.2 Å². The minimum atomic E-state index is -0.135. The number of carbonyl (C=O) groups excluding carboxylic acids is 1. The Bertz CT molecular complexity index is 696. The third-order valence-corrected chi connectivity index (χ3v) is 4.21. The molecule has 3 rings (SSSR count). The molecule has 1 N–H and O–H groups in total. The van der Waals surface area contributed by atoms with Crippen molar-refractivity contribution < 1.29 is 9.53 Å². The summed E-state index contributed by atoms with van der Waals surface area (Å²) in [6.07, 6.45) is 3.90. The van der Waals surface area contributed by atoms with Crippen molar-refractivity contribution in [3.63, 3.8) is 0 Å². The maximum Gasteiger partial charge on any atom is 0.271 e. The molecule has 23 heavy (non-hydrogen) atoms. The molecule has 0 saturated carbocycles. The number of hydrogen-bond acceptors (Lipinski definition) is 4. The number of nitrogens with zero attached hydrogens (tertiary/aromatic N) is 3. The van der Waals surface area contributed by atoms with Gasteiger partial charge in [0.25, 0.3) is 5.91 Å². The fourth-order valence-electron chi connectivity index (χ4n) is 2.64. The summed E-state index contributed by atoms with van der Waals surface area (Å²) in [7, 11) is 0. The Balaban J connectivity index is 1.70. The first-order valence-electron chi connectivity index (χ1n) is 8.16. The van der Waals surface area contributed by atoms with Gasteiger partial charge in [0.15, 0.2) is 5.65 Å². The summed E-state index contributed by atoms with van der Waals surface area (Å²) in [6, 6.07) is 3.57. The van der Waals surface area contributed by atoms with Crippen molar-refractivity contribution in [2.24, 2.45) is 5.92 Å². The standard InChI is InChI=1S/C17H24N4O2/c1-17(2,3)14-11-21-15(19-14)5-4-13(20-21)16(22)18-10-12-6-8-23-9-7-12/h4-5,11-12H,6-10H2,1-3H3,(H,18,22). The summed E-state index contributed by atoms with van der Waals surface area (Å²) in [5, 5.41) is 7.37. The highest BCUT2D eigenvalue weighted by molar-refractivity contribution is 5.92. The number of imidazole rings is 1. The molecular formula is C17H24N4O2. The van der Waals surface area contributed by atoms with Crippen LogP contribution in [0.15, 0.2) is 18.3 Å². The molecule has 3 heterocycles. The Morgan fingerprint density at radius 2 is 2.09 bits per heavy atom. The van der Waals surface area contributed by atoms with Crippen molar-refractivity contribution in [1.82, 2.24) is 19.9 Å². The summed E-state index contributed by atoms with van der Waals surface area (Å²) < 4.78 is 7.02. The van der Waals surface area contributed by atoms with Crippen LogP contribution >= 0.6 is 0 Å². The molecule has 6 nitrogen and oxygen atoms in total.